The Balaban J connectivity index is 2.47. The summed E-state index contributed by atoms with van der Waals surface area (Å²) in [4.78, 5) is 2.60. The SMILES string of the molecule is CCCC1CN(CCOC)C(C(C)C)CN1. The fraction of sp³-hybridized carbons (Fsp3) is 1.00. The minimum absolute atomic E-state index is 0.670. The van der Waals surface area contributed by atoms with Gasteiger partial charge >= 0.3 is 0 Å². The Labute approximate surface area is 101 Å². The van der Waals surface area contributed by atoms with E-state index in [0.717, 1.165) is 19.7 Å². The third-order valence-corrected chi connectivity index (χ3v) is 3.53. The van der Waals surface area contributed by atoms with Crippen LogP contribution in [0.15, 0.2) is 0 Å². The summed E-state index contributed by atoms with van der Waals surface area (Å²) >= 11 is 0. The molecule has 1 aliphatic heterocycles. The van der Waals surface area contributed by atoms with Crippen molar-refractivity contribution in [1.82, 2.24) is 10.2 Å². The van der Waals surface area contributed by atoms with Crippen molar-refractivity contribution in [2.24, 2.45) is 5.92 Å². The lowest BCUT2D eigenvalue weighted by Gasteiger charge is -2.42. The largest absolute Gasteiger partial charge is 0.383 e. The fourth-order valence-corrected chi connectivity index (χ4v) is 2.56. The van der Waals surface area contributed by atoms with Gasteiger partial charge < -0.3 is 10.1 Å². The lowest BCUT2D eigenvalue weighted by atomic mass is 9.97. The van der Waals surface area contributed by atoms with Gasteiger partial charge in [0.15, 0.2) is 0 Å². The second-order valence-corrected chi connectivity index (χ2v) is 5.19. The van der Waals surface area contributed by atoms with Gasteiger partial charge in [-0.25, -0.2) is 0 Å². The minimum Gasteiger partial charge on any atom is -0.383 e. The Hall–Kier alpha value is -0.120. The van der Waals surface area contributed by atoms with Crippen LogP contribution in [0.3, 0.4) is 0 Å². The van der Waals surface area contributed by atoms with Gasteiger partial charge in [-0.05, 0) is 12.3 Å². The first-order valence-electron chi connectivity index (χ1n) is 6.65. The van der Waals surface area contributed by atoms with Gasteiger partial charge in [0, 0.05) is 38.8 Å². The molecule has 1 heterocycles. The van der Waals surface area contributed by atoms with Crippen LogP contribution in [0.5, 0.6) is 0 Å². The monoisotopic (exact) mass is 228 g/mol. The van der Waals surface area contributed by atoms with E-state index in [1.54, 1.807) is 7.11 Å². The van der Waals surface area contributed by atoms with E-state index in [9.17, 15) is 0 Å². The number of piperazine rings is 1. The van der Waals surface area contributed by atoms with Gasteiger partial charge in [0.05, 0.1) is 6.61 Å². The Morgan fingerprint density at radius 3 is 2.75 bits per heavy atom. The molecule has 1 aliphatic rings. The third kappa shape index (κ3) is 4.04. The van der Waals surface area contributed by atoms with Crippen molar-refractivity contribution in [2.45, 2.75) is 45.7 Å². The second-order valence-electron chi connectivity index (χ2n) is 5.19. The molecule has 1 rings (SSSR count). The van der Waals surface area contributed by atoms with Crippen LogP contribution in [0.25, 0.3) is 0 Å². The number of rotatable bonds is 6. The van der Waals surface area contributed by atoms with Crippen molar-refractivity contribution in [3.63, 3.8) is 0 Å². The van der Waals surface area contributed by atoms with Gasteiger partial charge in [-0.1, -0.05) is 27.2 Å². The molecule has 0 aromatic rings. The van der Waals surface area contributed by atoms with E-state index in [2.05, 4.69) is 31.0 Å². The molecule has 0 bridgehead atoms. The van der Waals surface area contributed by atoms with Crippen LogP contribution in [0.1, 0.15) is 33.6 Å². The normalized spacial score (nSPS) is 27.6. The van der Waals surface area contributed by atoms with Crippen molar-refractivity contribution >= 4 is 0 Å². The number of ether oxygens (including phenoxy) is 1. The molecule has 0 amide bonds. The van der Waals surface area contributed by atoms with Gasteiger partial charge in [0.1, 0.15) is 0 Å². The zero-order valence-electron chi connectivity index (χ0n) is 11.3. The average molecular weight is 228 g/mol. The van der Waals surface area contributed by atoms with Crippen LogP contribution >= 0.6 is 0 Å². The quantitative estimate of drug-likeness (QED) is 0.749. The summed E-state index contributed by atoms with van der Waals surface area (Å²) in [7, 11) is 1.79. The molecule has 1 fully saturated rings. The number of methoxy groups -OCH3 is 1. The number of nitrogens with one attached hydrogen (secondary N) is 1. The molecule has 1 saturated heterocycles. The summed E-state index contributed by atoms with van der Waals surface area (Å²) < 4.78 is 5.21. The molecule has 3 nitrogen and oxygen atoms in total. The van der Waals surface area contributed by atoms with E-state index in [1.807, 2.05) is 0 Å². The third-order valence-electron chi connectivity index (χ3n) is 3.53. The van der Waals surface area contributed by atoms with Crippen LogP contribution in [-0.2, 0) is 4.74 Å². The first kappa shape index (κ1) is 13.9. The second kappa shape index (κ2) is 7.25. The maximum Gasteiger partial charge on any atom is 0.0589 e. The maximum atomic E-state index is 5.21. The van der Waals surface area contributed by atoms with E-state index >= 15 is 0 Å². The van der Waals surface area contributed by atoms with Crippen molar-refractivity contribution in [2.75, 3.05) is 33.4 Å². The molecular formula is C13H28N2O. The lowest BCUT2D eigenvalue weighted by Crippen LogP contribution is -2.58. The van der Waals surface area contributed by atoms with Crippen molar-refractivity contribution < 1.29 is 4.74 Å². The lowest BCUT2D eigenvalue weighted by molar-refractivity contribution is 0.0643. The molecule has 0 aromatic heterocycles. The van der Waals surface area contributed by atoms with Crippen LogP contribution in [-0.4, -0.2) is 50.3 Å². The van der Waals surface area contributed by atoms with Crippen LogP contribution in [0, 0.1) is 5.92 Å². The molecule has 0 aromatic carbocycles. The molecule has 16 heavy (non-hydrogen) atoms. The summed E-state index contributed by atoms with van der Waals surface area (Å²) in [6, 6.07) is 1.35. The molecule has 0 aliphatic carbocycles. The van der Waals surface area contributed by atoms with Crippen molar-refractivity contribution in [1.29, 1.82) is 0 Å². The van der Waals surface area contributed by atoms with E-state index in [0.29, 0.717) is 18.0 Å². The van der Waals surface area contributed by atoms with Gasteiger partial charge in [0.25, 0.3) is 0 Å². The standard InChI is InChI=1S/C13H28N2O/c1-5-6-12-10-15(7-8-16-4)13(9-14-12)11(2)3/h11-14H,5-10H2,1-4H3. The number of hydrogen-bond acceptors (Lipinski definition) is 3. The molecule has 3 heteroatoms. The highest BCUT2D eigenvalue weighted by Crippen LogP contribution is 2.16. The molecule has 2 unspecified atom stereocenters. The first-order valence-corrected chi connectivity index (χ1v) is 6.65. The van der Waals surface area contributed by atoms with Crippen LogP contribution < -0.4 is 5.32 Å². The maximum absolute atomic E-state index is 5.21. The van der Waals surface area contributed by atoms with E-state index in [-0.39, 0.29) is 0 Å². The van der Waals surface area contributed by atoms with Crippen LogP contribution in [0.2, 0.25) is 0 Å². The minimum atomic E-state index is 0.670. The molecule has 0 spiro atoms. The van der Waals surface area contributed by atoms with E-state index in [4.69, 9.17) is 4.74 Å². The molecule has 0 radical (unpaired) electrons. The van der Waals surface area contributed by atoms with Crippen molar-refractivity contribution in [3.8, 4) is 0 Å². The number of nitrogens with zero attached hydrogens (tertiary/aromatic N) is 1. The predicted molar refractivity (Wildman–Crippen MR) is 68.8 cm³/mol. The Kier molecular flexibility index (Phi) is 6.32. The van der Waals surface area contributed by atoms with Crippen molar-refractivity contribution in [3.05, 3.63) is 0 Å². The van der Waals surface area contributed by atoms with E-state index < -0.39 is 0 Å². The highest BCUT2D eigenvalue weighted by molar-refractivity contribution is 4.87. The molecule has 96 valence electrons. The zero-order valence-corrected chi connectivity index (χ0v) is 11.3. The van der Waals surface area contributed by atoms with Gasteiger partial charge in [-0.2, -0.15) is 0 Å². The Bertz CT molecular complexity index is 185. The summed E-state index contributed by atoms with van der Waals surface area (Å²) in [6.07, 6.45) is 2.55. The average Bonchev–Trinajstić information content (AvgIpc) is 2.26. The summed E-state index contributed by atoms with van der Waals surface area (Å²) in [5.41, 5.74) is 0. The topological polar surface area (TPSA) is 24.5 Å². The predicted octanol–water partition coefficient (Wildman–Crippen LogP) is 1.73. The van der Waals surface area contributed by atoms with E-state index in [1.165, 1.54) is 19.4 Å². The van der Waals surface area contributed by atoms with Gasteiger partial charge in [-0.15, -0.1) is 0 Å². The smallest absolute Gasteiger partial charge is 0.0589 e. The summed E-state index contributed by atoms with van der Waals surface area (Å²) in [6.45, 7) is 11.1. The number of hydrogen-bond donors (Lipinski definition) is 1. The van der Waals surface area contributed by atoms with Gasteiger partial charge in [0.2, 0.25) is 0 Å². The Morgan fingerprint density at radius 2 is 2.19 bits per heavy atom. The highest BCUT2D eigenvalue weighted by Gasteiger charge is 2.28. The summed E-state index contributed by atoms with van der Waals surface area (Å²) in [5.74, 6) is 0.715. The molecule has 1 N–H and O–H groups in total. The zero-order chi connectivity index (χ0) is 12.0. The Morgan fingerprint density at radius 1 is 1.44 bits per heavy atom. The summed E-state index contributed by atoms with van der Waals surface area (Å²) in [5, 5.41) is 3.68. The molecule has 0 saturated carbocycles. The molecular weight excluding hydrogens is 200 g/mol. The van der Waals surface area contributed by atoms with Gasteiger partial charge in [-0.3, -0.25) is 4.90 Å². The highest BCUT2D eigenvalue weighted by atomic mass is 16.5. The first-order chi connectivity index (χ1) is 7.69. The molecule has 2 atom stereocenters. The van der Waals surface area contributed by atoms with Crippen LogP contribution in [0.4, 0.5) is 0 Å². The fourth-order valence-electron chi connectivity index (χ4n) is 2.56.